The van der Waals surface area contributed by atoms with E-state index in [4.69, 9.17) is 16.0 Å². The van der Waals surface area contributed by atoms with Crippen molar-refractivity contribution in [1.82, 2.24) is 19.7 Å². The molecule has 1 aliphatic rings. The summed E-state index contributed by atoms with van der Waals surface area (Å²) >= 11 is 0. The topological polar surface area (TPSA) is 73.8 Å². The van der Waals surface area contributed by atoms with Gasteiger partial charge in [-0.05, 0) is 54.8 Å². The molecule has 41 heavy (non-hydrogen) atoms. The Hall–Kier alpha value is -4.07. The molecule has 1 aliphatic carbocycles. The summed E-state index contributed by atoms with van der Waals surface area (Å²) in [7, 11) is 0.491. The average molecular weight is 572 g/mol. The van der Waals surface area contributed by atoms with Crippen molar-refractivity contribution in [1.29, 1.82) is 0 Å². The number of carbonyl (C=O) groups excluding carboxylic acids is 1. The molecule has 0 atom stereocenters. The highest BCUT2D eigenvalue weighted by atomic mass is 28.3. The fourth-order valence-corrected chi connectivity index (χ4v) is 5.31. The molecule has 0 spiro atoms. The minimum absolute atomic E-state index is 0.110. The number of fused-ring (bicyclic) bond motifs is 1. The molecule has 0 bridgehead atoms. The van der Waals surface area contributed by atoms with E-state index in [0.29, 0.717) is 28.9 Å². The van der Waals surface area contributed by atoms with Crippen molar-refractivity contribution in [2.24, 2.45) is 0 Å². The van der Waals surface area contributed by atoms with Gasteiger partial charge in [0.1, 0.15) is 24.5 Å². The van der Waals surface area contributed by atoms with Crippen LogP contribution in [0.4, 0.5) is 10.2 Å². The third-order valence-electron chi connectivity index (χ3n) is 6.98. The summed E-state index contributed by atoms with van der Waals surface area (Å²) in [5.74, 6) is 0.304. The minimum Gasteiger partial charge on any atom is -0.490 e. The van der Waals surface area contributed by atoms with E-state index in [-0.39, 0.29) is 36.9 Å². The zero-order valence-electron chi connectivity index (χ0n) is 23.9. The largest absolute Gasteiger partial charge is 0.490 e. The molecule has 0 radical (unpaired) electrons. The number of hydrogen-bond donors (Lipinski definition) is 0. The summed E-state index contributed by atoms with van der Waals surface area (Å²) in [5.41, 5.74) is 3.41. The molecule has 2 heterocycles. The van der Waals surface area contributed by atoms with Crippen LogP contribution in [0.25, 0.3) is 26.9 Å². The summed E-state index contributed by atoms with van der Waals surface area (Å²) in [6.45, 7) is 15.6. The molecule has 10 heteroatoms. The van der Waals surface area contributed by atoms with Gasteiger partial charge in [-0.25, -0.2) is 9.07 Å². The predicted molar refractivity (Wildman–Crippen MR) is 159 cm³/mol. The number of aromatic nitrogens is 3. The molecule has 8 nitrogen and oxygen atoms in total. The van der Waals surface area contributed by atoms with Gasteiger partial charge in [-0.1, -0.05) is 38.3 Å². The van der Waals surface area contributed by atoms with Gasteiger partial charge in [0.05, 0.1) is 18.2 Å². The number of nitrogens with zero attached hydrogens (tertiary/aromatic N) is 5. The Morgan fingerprint density at radius 2 is 2.00 bits per heavy atom. The number of hydrogen-bond acceptors (Lipinski definition) is 5. The van der Waals surface area contributed by atoms with E-state index in [1.165, 1.54) is 12.1 Å². The lowest BCUT2D eigenvalue weighted by molar-refractivity contribution is 0.0781. The van der Waals surface area contributed by atoms with Crippen LogP contribution in [0.5, 0.6) is 5.75 Å². The number of pyridine rings is 1. The highest BCUT2D eigenvalue weighted by Crippen LogP contribution is 2.36. The first-order valence-corrected chi connectivity index (χ1v) is 17.4. The summed E-state index contributed by atoms with van der Waals surface area (Å²) in [5, 5.41) is 5.10. The first-order valence-electron chi connectivity index (χ1n) is 13.7. The Balaban J connectivity index is 1.39. The predicted octanol–water partition coefficient (Wildman–Crippen LogP) is 6.91. The van der Waals surface area contributed by atoms with Crippen LogP contribution in [0.1, 0.15) is 28.8 Å². The van der Waals surface area contributed by atoms with Crippen molar-refractivity contribution < 1.29 is 18.7 Å². The number of benzene rings is 2. The van der Waals surface area contributed by atoms with Crippen LogP contribution >= 0.6 is 0 Å². The van der Waals surface area contributed by atoms with Crippen LogP contribution in [0.3, 0.4) is 0 Å². The van der Waals surface area contributed by atoms with E-state index < -0.39 is 8.07 Å². The van der Waals surface area contributed by atoms with E-state index >= 15 is 0 Å². The molecule has 0 unspecified atom stereocenters. The van der Waals surface area contributed by atoms with Crippen molar-refractivity contribution in [2.45, 2.75) is 57.9 Å². The van der Waals surface area contributed by atoms with Gasteiger partial charge in [0.25, 0.3) is 11.7 Å². The first-order chi connectivity index (χ1) is 19.6. The Morgan fingerprint density at radius 1 is 1.20 bits per heavy atom. The lowest BCUT2D eigenvalue weighted by Gasteiger charge is -2.20. The number of carbonyl (C=O) groups is 1. The SMILES string of the molecule is [C-]#[N+]c1ncc(CN(C)C(=O)c2ccc(-c3cccc(F)c3)c(OC3CC3)c2)c2c1cnn2COCC[Si](C)(C)C. The normalized spacial score (nSPS) is 13.3. The smallest absolute Gasteiger partial charge is 0.280 e. The van der Waals surface area contributed by atoms with Crippen LogP contribution in [0.15, 0.2) is 54.9 Å². The maximum Gasteiger partial charge on any atom is 0.280 e. The van der Waals surface area contributed by atoms with E-state index in [9.17, 15) is 9.18 Å². The first kappa shape index (κ1) is 28.5. The molecule has 1 saturated carbocycles. The summed E-state index contributed by atoms with van der Waals surface area (Å²) in [4.78, 5) is 23.1. The van der Waals surface area contributed by atoms with E-state index in [2.05, 4.69) is 34.6 Å². The molecule has 5 rings (SSSR count). The third-order valence-corrected chi connectivity index (χ3v) is 8.68. The van der Waals surface area contributed by atoms with Crippen molar-refractivity contribution in [3.05, 3.63) is 83.2 Å². The van der Waals surface area contributed by atoms with Crippen LogP contribution in [-0.2, 0) is 18.0 Å². The Bertz CT molecular complexity index is 1620. The summed E-state index contributed by atoms with van der Waals surface area (Å²) in [6, 6.07) is 12.7. The lowest BCUT2D eigenvalue weighted by atomic mass is 10.0. The highest BCUT2D eigenvalue weighted by Gasteiger charge is 2.26. The van der Waals surface area contributed by atoms with E-state index in [0.717, 1.165) is 35.5 Å². The van der Waals surface area contributed by atoms with Gasteiger partial charge in [-0.3, -0.25) is 4.79 Å². The zero-order valence-corrected chi connectivity index (χ0v) is 24.9. The van der Waals surface area contributed by atoms with Crippen LogP contribution in [0, 0.1) is 12.4 Å². The number of rotatable bonds is 11. The Labute approximate surface area is 240 Å². The second-order valence-corrected chi connectivity index (χ2v) is 17.3. The molecule has 0 aliphatic heterocycles. The van der Waals surface area contributed by atoms with Gasteiger partial charge in [0.15, 0.2) is 0 Å². The number of ether oxygens (including phenoxy) is 2. The monoisotopic (exact) mass is 571 g/mol. The molecule has 0 N–H and O–H groups in total. The minimum atomic E-state index is -1.23. The second kappa shape index (κ2) is 11.8. The molecular weight excluding hydrogens is 537 g/mol. The van der Waals surface area contributed by atoms with Gasteiger partial charge < -0.3 is 19.2 Å². The third kappa shape index (κ3) is 6.81. The quantitative estimate of drug-likeness (QED) is 0.111. The van der Waals surface area contributed by atoms with E-state index in [1.807, 2.05) is 12.1 Å². The average Bonchev–Trinajstić information content (AvgIpc) is 3.65. The van der Waals surface area contributed by atoms with Crippen LogP contribution in [-0.4, -0.2) is 53.4 Å². The Morgan fingerprint density at radius 3 is 2.71 bits per heavy atom. The van der Waals surface area contributed by atoms with Crippen LogP contribution < -0.4 is 4.74 Å². The molecular formula is C31H34FN5O3Si. The maximum atomic E-state index is 13.9. The molecule has 1 amide bonds. The molecule has 4 aromatic rings. The van der Waals surface area contributed by atoms with E-state index in [1.54, 1.807) is 47.2 Å². The van der Waals surface area contributed by atoms with Gasteiger partial charge in [0, 0.05) is 50.0 Å². The zero-order chi connectivity index (χ0) is 29.1. The summed E-state index contributed by atoms with van der Waals surface area (Å²) < 4.78 is 27.8. The fourth-order valence-electron chi connectivity index (χ4n) is 4.55. The van der Waals surface area contributed by atoms with Crippen molar-refractivity contribution in [2.75, 3.05) is 13.7 Å². The number of amides is 1. The Kier molecular flexibility index (Phi) is 8.19. The van der Waals surface area contributed by atoms with Crippen molar-refractivity contribution in [3.8, 4) is 16.9 Å². The molecule has 1 fully saturated rings. The molecule has 2 aromatic carbocycles. The summed E-state index contributed by atoms with van der Waals surface area (Å²) in [6.07, 6.45) is 5.29. The van der Waals surface area contributed by atoms with Crippen molar-refractivity contribution in [3.63, 3.8) is 0 Å². The standard InChI is InChI=1S/C31H34FN5O3Si/c1-33-30-27-18-35-37(20-39-13-14-41(3,4)5)29(27)23(17-34-30)19-36(2)31(38)22-9-12-26(21-7-6-8-24(32)15-21)28(16-22)40-25-10-11-25/h6-9,12,15-18,25H,10-11,13-14,19-20H2,2-5H3. The lowest BCUT2D eigenvalue weighted by Crippen LogP contribution is -2.26. The second-order valence-electron chi connectivity index (χ2n) is 11.7. The fraction of sp³-hybridized carbons (Fsp3) is 0.355. The van der Waals surface area contributed by atoms with Gasteiger partial charge >= 0.3 is 0 Å². The van der Waals surface area contributed by atoms with Crippen LogP contribution in [0.2, 0.25) is 25.7 Å². The molecule has 2 aromatic heterocycles. The molecule has 0 saturated heterocycles. The number of halogens is 1. The van der Waals surface area contributed by atoms with Gasteiger partial charge in [-0.15, -0.1) is 4.98 Å². The highest BCUT2D eigenvalue weighted by molar-refractivity contribution is 6.76. The van der Waals surface area contributed by atoms with Crippen molar-refractivity contribution >= 4 is 30.7 Å². The maximum absolute atomic E-state index is 13.9. The molecule has 212 valence electrons. The van der Waals surface area contributed by atoms with Gasteiger partial charge in [-0.2, -0.15) is 5.10 Å². The van der Waals surface area contributed by atoms with Gasteiger partial charge in [0.2, 0.25) is 0 Å².